The largest absolute Gasteiger partial charge is 0.383 e. The molecule has 0 rings (SSSR count). The first kappa shape index (κ1) is 9.02. The van der Waals surface area contributed by atoms with Gasteiger partial charge in [-0.2, -0.15) is 0 Å². The topological polar surface area (TPSA) is 12.0 Å². The zero-order chi connectivity index (χ0) is 7.98. The van der Waals surface area contributed by atoms with Crippen LogP contribution in [0, 0.1) is 0 Å². The Morgan fingerprint density at radius 3 is 2.40 bits per heavy atom. The predicted molar refractivity (Wildman–Crippen MR) is 48.9 cm³/mol. The average molecular weight is 139 g/mol. The van der Waals surface area contributed by atoms with E-state index >= 15 is 0 Å². The molecule has 1 heteroatoms. The van der Waals surface area contributed by atoms with Crippen molar-refractivity contribution < 1.29 is 1.43 Å². The molecule has 0 aliphatic carbocycles. The monoisotopic (exact) mass is 139 g/mol. The lowest BCUT2D eigenvalue weighted by atomic mass is 10.3. The second-order valence-electron chi connectivity index (χ2n) is 2.36. The van der Waals surface area contributed by atoms with Gasteiger partial charge in [0.1, 0.15) is 0 Å². The van der Waals surface area contributed by atoms with Gasteiger partial charge in [-0.1, -0.05) is 19.2 Å². The zero-order valence-electron chi connectivity index (χ0n) is 6.72. The molecule has 0 fully saturated rings. The van der Waals surface area contributed by atoms with Crippen LogP contribution in [0.15, 0.2) is 37.1 Å². The van der Waals surface area contributed by atoms with Crippen molar-refractivity contribution in [3.63, 3.8) is 0 Å². The first-order valence-corrected chi connectivity index (χ1v) is 3.42. The smallest absolute Gasteiger partial charge is 0.0335 e. The molecule has 0 saturated heterocycles. The van der Waals surface area contributed by atoms with Gasteiger partial charge in [0.2, 0.25) is 0 Å². The highest BCUT2D eigenvalue weighted by Crippen LogP contribution is 1.92. The van der Waals surface area contributed by atoms with Gasteiger partial charge in [0.15, 0.2) is 0 Å². The number of nitrogens with one attached hydrogen (secondary N) is 1. The third-order valence-electron chi connectivity index (χ3n) is 0.973. The van der Waals surface area contributed by atoms with Crippen molar-refractivity contribution >= 4 is 0 Å². The van der Waals surface area contributed by atoms with Gasteiger partial charge < -0.3 is 5.32 Å². The highest BCUT2D eigenvalue weighted by atomic mass is 14.9. The van der Waals surface area contributed by atoms with Crippen molar-refractivity contribution in [2.24, 2.45) is 0 Å². The zero-order valence-corrected chi connectivity index (χ0v) is 6.72. The van der Waals surface area contributed by atoms with Gasteiger partial charge in [-0.05, 0) is 26.0 Å². The molecule has 58 valence electrons. The van der Waals surface area contributed by atoms with Crippen molar-refractivity contribution in [2.45, 2.75) is 19.9 Å². The summed E-state index contributed by atoms with van der Waals surface area (Å²) >= 11 is 0. The van der Waals surface area contributed by atoms with Gasteiger partial charge >= 0.3 is 0 Å². The molecule has 0 aliphatic rings. The van der Waals surface area contributed by atoms with E-state index in [0.717, 1.165) is 5.70 Å². The molecule has 0 saturated carbocycles. The SMILES string of the molecule is C=C/C=C(\C=C)NC(C)C.[HH]. The van der Waals surface area contributed by atoms with E-state index in [1.165, 1.54) is 0 Å². The maximum atomic E-state index is 3.65. The van der Waals surface area contributed by atoms with Gasteiger partial charge in [0.25, 0.3) is 0 Å². The summed E-state index contributed by atoms with van der Waals surface area (Å²) in [5.74, 6) is 0. The van der Waals surface area contributed by atoms with Crippen molar-refractivity contribution in [2.75, 3.05) is 0 Å². The molecular weight excluding hydrogens is 122 g/mol. The van der Waals surface area contributed by atoms with Crippen LogP contribution in [0.2, 0.25) is 0 Å². The molecule has 0 spiro atoms. The Kier molecular flexibility index (Phi) is 4.38. The van der Waals surface area contributed by atoms with Crippen molar-refractivity contribution in [1.82, 2.24) is 5.32 Å². The van der Waals surface area contributed by atoms with Crippen LogP contribution in [0.5, 0.6) is 0 Å². The molecule has 0 heterocycles. The van der Waals surface area contributed by atoms with E-state index in [1.54, 1.807) is 12.2 Å². The summed E-state index contributed by atoms with van der Waals surface area (Å²) in [7, 11) is 0. The Labute approximate surface area is 64.6 Å². The van der Waals surface area contributed by atoms with Gasteiger partial charge in [-0.25, -0.2) is 0 Å². The average Bonchev–Trinajstić information content (AvgIpc) is 1.86. The van der Waals surface area contributed by atoms with Crippen LogP contribution in [0.4, 0.5) is 0 Å². The number of hydrogen-bond acceptors (Lipinski definition) is 1. The standard InChI is InChI=1S/C9H15N.H2/c1-5-7-9(6-2)10-8(3)4;/h5-8,10H,1-2H2,3-4H3;1H/b9-7+;. The number of hydrogen-bond donors (Lipinski definition) is 1. The third kappa shape index (κ3) is 3.96. The Balaban J connectivity index is 0. The molecule has 0 aromatic carbocycles. The summed E-state index contributed by atoms with van der Waals surface area (Å²) in [4.78, 5) is 0. The minimum absolute atomic E-state index is 0. The highest BCUT2D eigenvalue weighted by Gasteiger charge is 1.90. The van der Waals surface area contributed by atoms with E-state index in [0.29, 0.717) is 6.04 Å². The van der Waals surface area contributed by atoms with Gasteiger partial charge in [-0.3, -0.25) is 0 Å². The molecule has 0 unspecified atom stereocenters. The molecular formula is C9H17N. The van der Waals surface area contributed by atoms with Crippen LogP contribution in [0.3, 0.4) is 0 Å². The first-order chi connectivity index (χ1) is 4.70. The Morgan fingerprint density at radius 1 is 1.50 bits per heavy atom. The van der Waals surface area contributed by atoms with Crippen LogP contribution >= 0.6 is 0 Å². The predicted octanol–water partition coefficient (Wildman–Crippen LogP) is 2.49. The molecule has 0 aliphatic heterocycles. The third-order valence-corrected chi connectivity index (χ3v) is 0.973. The summed E-state index contributed by atoms with van der Waals surface area (Å²) in [6.07, 6.45) is 5.42. The quantitative estimate of drug-likeness (QED) is 0.590. The second-order valence-corrected chi connectivity index (χ2v) is 2.36. The van der Waals surface area contributed by atoms with Crippen molar-refractivity contribution in [1.29, 1.82) is 0 Å². The first-order valence-electron chi connectivity index (χ1n) is 3.42. The van der Waals surface area contributed by atoms with Crippen LogP contribution in [-0.2, 0) is 0 Å². The molecule has 0 atom stereocenters. The normalized spacial score (nSPS) is 11.3. The van der Waals surface area contributed by atoms with E-state index in [9.17, 15) is 0 Å². The fourth-order valence-corrected chi connectivity index (χ4v) is 0.635. The van der Waals surface area contributed by atoms with E-state index < -0.39 is 0 Å². The fraction of sp³-hybridized carbons (Fsp3) is 0.333. The van der Waals surface area contributed by atoms with Crippen molar-refractivity contribution in [3.8, 4) is 0 Å². The van der Waals surface area contributed by atoms with E-state index in [1.807, 2.05) is 6.08 Å². The summed E-state index contributed by atoms with van der Waals surface area (Å²) in [5.41, 5.74) is 1.02. The molecule has 0 aromatic heterocycles. The summed E-state index contributed by atoms with van der Waals surface area (Å²) in [5, 5.41) is 3.20. The minimum Gasteiger partial charge on any atom is -0.383 e. The Bertz CT molecular complexity index is 148. The Hall–Kier alpha value is -0.980. The molecule has 10 heavy (non-hydrogen) atoms. The molecule has 0 radical (unpaired) electrons. The summed E-state index contributed by atoms with van der Waals surface area (Å²) < 4.78 is 0. The molecule has 0 aromatic rings. The summed E-state index contributed by atoms with van der Waals surface area (Å²) in [6.45, 7) is 11.4. The van der Waals surface area contributed by atoms with E-state index in [4.69, 9.17) is 0 Å². The lowest BCUT2D eigenvalue weighted by molar-refractivity contribution is 0.681. The van der Waals surface area contributed by atoms with Gasteiger partial charge in [0, 0.05) is 13.2 Å². The fourth-order valence-electron chi connectivity index (χ4n) is 0.635. The number of allylic oxidation sites excluding steroid dienone is 3. The van der Waals surface area contributed by atoms with Crippen LogP contribution in [0.25, 0.3) is 0 Å². The molecule has 0 bridgehead atoms. The lowest BCUT2D eigenvalue weighted by Gasteiger charge is -2.09. The van der Waals surface area contributed by atoms with Crippen LogP contribution in [0.1, 0.15) is 15.3 Å². The van der Waals surface area contributed by atoms with Crippen molar-refractivity contribution in [3.05, 3.63) is 37.1 Å². The maximum Gasteiger partial charge on any atom is 0.0335 e. The maximum absolute atomic E-state index is 3.65. The number of rotatable bonds is 4. The highest BCUT2D eigenvalue weighted by molar-refractivity contribution is 5.19. The van der Waals surface area contributed by atoms with Crippen LogP contribution in [-0.4, -0.2) is 6.04 Å². The van der Waals surface area contributed by atoms with E-state index in [2.05, 4.69) is 32.3 Å². The van der Waals surface area contributed by atoms with Gasteiger partial charge in [0.05, 0.1) is 0 Å². The minimum atomic E-state index is 0. The van der Waals surface area contributed by atoms with Crippen LogP contribution < -0.4 is 5.32 Å². The van der Waals surface area contributed by atoms with E-state index in [-0.39, 0.29) is 1.43 Å². The Morgan fingerprint density at radius 2 is 2.10 bits per heavy atom. The molecule has 1 nitrogen and oxygen atoms in total. The lowest BCUT2D eigenvalue weighted by Crippen LogP contribution is -2.20. The molecule has 1 N–H and O–H groups in total. The molecule has 0 amide bonds. The second kappa shape index (κ2) is 4.86. The summed E-state index contributed by atoms with van der Waals surface area (Å²) in [6, 6.07) is 0.448. The van der Waals surface area contributed by atoms with Gasteiger partial charge in [-0.15, -0.1) is 0 Å².